The Morgan fingerprint density at radius 2 is 2.06 bits per heavy atom. The molecule has 0 amide bonds. The van der Waals surface area contributed by atoms with Crippen molar-refractivity contribution in [2.45, 2.75) is 24.0 Å². The molecule has 0 spiro atoms. The third-order valence-corrected chi connectivity index (χ3v) is 5.11. The maximum absolute atomic E-state index is 8.88. The second-order valence-electron chi connectivity index (χ2n) is 5.18. The number of piperidine rings is 1. The fourth-order valence-corrected chi connectivity index (χ4v) is 3.25. The summed E-state index contributed by atoms with van der Waals surface area (Å²) < 4.78 is -0.160. The molecular formula is C12H26N4OS. The molecule has 0 unspecified atom stereocenters. The molecule has 1 rings (SSSR count). The van der Waals surface area contributed by atoms with Crippen molar-refractivity contribution < 1.29 is 5.21 Å². The summed E-state index contributed by atoms with van der Waals surface area (Å²) >= 11 is 1.71. The van der Waals surface area contributed by atoms with E-state index in [2.05, 4.69) is 29.1 Å². The van der Waals surface area contributed by atoms with Gasteiger partial charge in [-0.25, -0.2) is 0 Å². The highest BCUT2D eigenvalue weighted by Gasteiger charge is 2.37. The van der Waals surface area contributed by atoms with Crippen LogP contribution in [0.1, 0.15) is 19.3 Å². The molecule has 0 aromatic rings. The number of nitrogens with zero attached hydrogens (tertiary/aromatic N) is 3. The van der Waals surface area contributed by atoms with Crippen LogP contribution in [-0.2, 0) is 0 Å². The van der Waals surface area contributed by atoms with E-state index in [1.807, 2.05) is 6.26 Å². The number of nitrogens with two attached hydrogens (primary N) is 1. The number of rotatable bonds is 6. The maximum atomic E-state index is 8.88. The molecule has 0 saturated carbocycles. The zero-order valence-electron chi connectivity index (χ0n) is 11.7. The highest BCUT2D eigenvalue weighted by molar-refractivity contribution is 8.00. The highest BCUT2D eigenvalue weighted by atomic mass is 32.2. The van der Waals surface area contributed by atoms with Crippen LogP contribution >= 0.6 is 11.8 Å². The second kappa shape index (κ2) is 7.21. The Morgan fingerprint density at radius 1 is 1.44 bits per heavy atom. The van der Waals surface area contributed by atoms with Gasteiger partial charge in [0, 0.05) is 0 Å². The lowest BCUT2D eigenvalue weighted by atomic mass is 9.94. The van der Waals surface area contributed by atoms with E-state index in [-0.39, 0.29) is 4.75 Å². The lowest BCUT2D eigenvalue weighted by molar-refractivity contribution is 0.207. The summed E-state index contributed by atoms with van der Waals surface area (Å²) in [6, 6.07) is 0. The summed E-state index contributed by atoms with van der Waals surface area (Å²) in [6.45, 7) is 4.33. The van der Waals surface area contributed by atoms with Gasteiger partial charge in [0.2, 0.25) is 0 Å². The van der Waals surface area contributed by atoms with Gasteiger partial charge in [0.05, 0.1) is 4.75 Å². The molecule has 1 aliphatic rings. The van der Waals surface area contributed by atoms with Gasteiger partial charge in [-0.1, -0.05) is 5.16 Å². The van der Waals surface area contributed by atoms with E-state index in [1.54, 1.807) is 11.8 Å². The highest BCUT2D eigenvalue weighted by Crippen LogP contribution is 2.34. The Balaban J connectivity index is 2.39. The van der Waals surface area contributed by atoms with E-state index in [1.165, 1.54) is 6.42 Å². The monoisotopic (exact) mass is 274 g/mol. The Bertz CT molecular complexity index is 275. The van der Waals surface area contributed by atoms with Gasteiger partial charge in [0.15, 0.2) is 5.84 Å². The molecule has 5 nitrogen and oxygen atoms in total. The fraction of sp³-hybridized carbons (Fsp3) is 0.917. The van der Waals surface area contributed by atoms with Crippen molar-refractivity contribution >= 4 is 17.6 Å². The van der Waals surface area contributed by atoms with Gasteiger partial charge >= 0.3 is 0 Å². The van der Waals surface area contributed by atoms with Crippen molar-refractivity contribution in [3.8, 4) is 0 Å². The second-order valence-corrected chi connectivity index (χ2v) is 6.37. The normalized spacial score (nSPS) is 21.4. The van der Waals surface area contributed by atoms with Gasteiger partial charge in [-0.3, -0.25) is 0 Å². The van der Waals surface area contributed by atoms with Gasteiger partial charge in [-0.15, -0.1) is 0 Å². The van der Waals surface area contributed by atoms with Crippen LogP contribution < -0.4 is 5.73 Å². The zero-order chi connectivity index (χ0) is 13.6. The van der Waals surface area contributed by atoms with Crippen molar-refractivity contribution in [1.29, 1.82) is 0 Å². The van der Waals surface area contributed by atoms with Crippen LogP contribution in [0.5, 0.6) is 0 Å². The quantitative estimate of drug-likeness (QED) is 0.326. The molecule has 1 fully saturated rings. The van der Waals surface area contributed by atoms with Crippen LogP contribution in [0, 0.1) is 0 Å². The van der Waals surface area contributed by atoms with Crippen LogP contribution in [-0.4, -0.2) is 72.1 Å². The van der Waals surface area contributed by atoms with Gasteiger partial charge in [-0.2, -0.15) is 11.8 Å². The van der Waals surface area contributed by atoms with Crippen molar-refractivity contribution in [2.24, 2.45) is 10.9 Å². The predicted molar refractivity (Wildman–Crippen MR) is 78.5 cm³/mol. The van der Waals surface area contributed by atoms with Crippen molar-refractivity contribution in [2.75, 3.05) is 46.5 Å². The Morgan fingerprint density at radius 3 is 2.50 bits per heavy atom. The number of oxime groups is 1. The molecule has 0 bridgehead atoms. The van der Waals surface area contributed by atoms with Gasteiger partial charge < -0.3 is 20.7 Å². The molecule has 0 atom stereocenters. The lowest BCUT2D eigenvalue weighted by Gasteiger charge is -2.39. The molecule has 0 aromatic carbocycles. The first-order chi connectivity index (χ1) is 8.54. The molecule has 0 aliphatic carbocycles. The summed E-state index contributed by atoms with van der Waals surface area (Å²) in [4.78, 5) is 4.69. The number of hydrogen-bond acceptors (Lipinski definition) is 5. The summed E-state index contributed by atoms with van der Waals surface area (Å²) in [5.74, 6) is 0.378. The minimum absolute atomic E-state index is 0.160. The van der Waals surface area contributed by atoms with Crippen LogP contribution in [0.15, 0.2) is 5.16 Å². The summed E-state index contributed by atoms with van der Waals surface area (Å²) in [6.07, 6.45) is 5.17. The lowest BCUT2D eigenvalue weighted by Crippen LogP contribution is -2.50. The predicted octanol–water partition coefficient (Wildman–Crippen LogP) is 0.882. The average molecular weight is 274 g/mol. The first kappa shape index (κ1) is 15.6. The minimum Gasteiger partial charge on any atom is -0.409 e. The van der Waals surface area contributed by atoms with E-state index in [0.29, 0.717) is 5.84 Å². The Kier molecular flexibility index (Phi) is 6.25. The van der Waals surface area contributed by atoms with Gasteiger partial charge in [0.1, 0.15) is 0 Å². The Labute approximate surface area is 114 Å². The first-order valence-electron chi connectivity index (χ1n) is 6.44. The standard InChI is InChI=1S/C12H26N4OS/c1-15(2)7-4-8-16-9-5-12(18-3,6-10-16)11(13)14-17/h17H,4-10H2,1-3H3,(H2,13,14). The molecule has 1 aliphatic heterocycles. The summed E-state index contributed by atoms with van der Waals surface area (Å²) in [7, 11) is 4.21. The largest absolute Gasteiger partial charge is 0.409 e. The van der Waals surface area contributed by atoms with E-state index in [4.69, 9.17) is 10.9 Å². The third kappa shape index (κ3) is 4.03. The molecule has 3 N–H and O–H groups in total. The average Bonchev–Trinajstić information content (AvgIpc) is 2.38. The van der Waals surface area contributed by atoms with E-state index >= 15 is 0 Å². The minimum atomic E-state index is -0.160. The number of likely N-dealkylation sites (tertiary alicyclic amines) is 1. The number of amidine groups is 1. The smallest absolute Gasteiger partial charge is 0.155 e. The number of thioether (sulfide) groups is 1. The molecule has 0 radical (unpaired) electrons. The molecule has 1 saturated heterocycles. The summed E-state index contributed by atoms with van der Waals surface area (Å²) in [5.41, 5.74) is 5.83. The van der Waals surface area contributed by atoms with Crippen LogP contribution in [0.2, 0.25) is 0 Å². The van der Waals surface area contributed by atoms with Gasteiger partial charge in [0.25, 0.3) is 0 Å². The van der Waals surface area contributed by atoms with Crippen LogP contribution in [0.25, 0.3) is 0 Å². The number of hydrogen-bond donors (Lipinski definition) is 2. The van der Waals surface area contributed by atoms with E-state index < -0.39 is 0 Å². The van der Waals surface area contributed by atoms with Crippen molar-refractivity contribution in [3.05, 3.63) is 0 Å². The summed E-state index contributed by atoms with van der Waals surface area (Å²) in [5, 5.41) is 12.1. The molecule has 106 valence electrons. The fourth-order valence-electron chi connectivity index (χ4n) is 2.40. The topological polar surface area (TPSA) is 65.1 Å². The first-order valence-corrected chi connectivity index (χ1v) is 7.67. The molecule has 6 heteroatoms. The van der Waals surface area contributed by atoms with Gasteiger partial charge in [-0.05, 0) is 65.8 Å². The van der Waals surface area contributed by atoms with E-state index in [9.17, 15) is 0 Å². The van der Waals surface area contributed by atoms with Crippen molar-refractivity contribution in [1.82, 2.24) is 9.80 Å². The molecule has 18 heavy (non-hydrogen) atoms. The maximum Gasteiger partial charge on any atom is 0.155 e. The third-order valence-electron chi connectivity index (χ3n) is 3.71. The van der Waals surface area contributed by atoms with Crippen molar-refractivity contribution in [3.63, 3.8) is 0 Å². The molecule has 1 heterocycles. The molecule has 0 aromatic heterocycles. The molecular weight excluding hydrogens is 248 g/mol. The zero-order valence-corrected chi connectivity index (χ0v) is 12.5. The van der Waals surface area contributed by atoms with Crippen LogP contribution in [0.4, 0.5) is 0 Å². The Hall–Kier alpha value is -0.460. The SMILES string of the molecule is CSC1(C(N)=NO)CCN(CCCN(C)C)CC1. The van der Waals surface area contributed by atoms with Crippen LogP contribution in [0.3, 0.4) is 0 Å². The van der Waals surface area contributed by atoms with E-state index in [0.717, 1.165) is 39.0 Å².